The monoisotopic (exact) mass is 278 g/mol. The van der Waals surface area contributed by atoms with Crippen LogP contribution in [0, 0.1) is 11.6 Å². The number of nitrogens with zero attached hydrogens (tertiary/aromatic N) is 1. The number of aromatic nitrogens is 1. The van der Waals surface area contributed by atoms with E-state index in [0.717, 1.165) is 36.9 Å². The number of pyridine rings is 1. The molecule has 0 atom stereocenters. The highest BCUT2D eigenvalue weighted by Gasteiger charge is 2.04. The van der Waals surface area contributed by atoms with E-state index in [1.165, 1.54) is 0 Å². The summed E-state index contributed by atoms with van der Waals surface area (Å²) >= 11 is 0. The summed E-state index contributed by atoms with van der Waals surface area (Å²) in [6, 6.07) is 6.47. The van der Waals surface area contributed by atoms with Crippen LogP contribution in [-0.2, 0) is 6.54 Å². The Hall–Kier alpha value is -2.01. The van der Waals surface area contributed by atoms with Gasteiger partial charge in [0.15, 0.2) is 0 Å². The Bertz CT molecular complexity index is 555. The Kier molecular flexibility index (Phi) is 5.01. The molecule has 0 bridgehead atoms. The van der Waals surface area contributed by atoms with Crippen LogP contribution in [-0.4, -0.2) is 11.5 Å². The number of ether oxygens (including phenoxy) is 1. The summed E-state index contributed by atoms with van der Waals surface area (Å²) in [7, 11) is 0. The van der Waals surface area contributed by atoms with E-state index in [2.05, 4.69) is 17.2 Å². The third kappa shape index (κ3) is 4.28. The van der Waals surface area contributed by atoms with Crippen LogP contribution in [0.4, 0.5) is 8.78 Å². The summed E-state index contributed by atoms with van der Waals surface area (Å²) in [6.45, 7) is 3.61. The number of rotatable bonds is 6. The molecular formula is C15H16F2N2O. The van der Waals surface area contributed by atoms with Gasteiger partial charge in [-0.3, -0.25) is 4.98 Å². The van der Waals surface area contributed by atoms with Crippen LogP contribution in [0.2, 0.25) is 0 Å². The first-order valence-corrected chi connectivity index (χ1v) is 6.47. The van der Waals surface area contributed by atoms with Crippen LogP contribution < -0.4 is 10.1 Å². The molecule has 2 rings (SSSR count). The highest BCUT2D eigenvalue weighted by Crippen LogP contribution is 2.23. The summed E-state index contributed by atoms with van der Waals surface area (Å²) in [5, 5.41) is 3.22. The molecule has 0 spiro atoms. The van der Waals surface area contributed by atoms with Crippen LogP contribution >= 0.6 is 0 Å². The molecule has 0 radical (unpaired) electrons. The molecule has 106 valence electrons. The molecule has 0 fully saturated rings. The van der Waals surface area contributed by atoms with E-state index in [-0.39, 0.29) is 5.75 Å². The van der Waals surface area contributed by atoms with E-state index in [0.29, 0.717) is 12.3 Å². The average Bonchev–Trinajstić information content (AvgIpc) is 2.38. The number of hydrogen-bond donors (Lipinski definition) is 1. The quantitative estimate of drug-likeness (QED) is 0.819. The van der Waals surface area contributed by atoms with Gasteiger partial charge in [-0.05, 0) is 19.0 Å². The van der Waals surface area contributed by atoms with Gasteiger partial charge in [0.2, 0.25) is 0 Å². The second kappa shape index (κ2) is 6.96. The molecule has 0 saturated carbocycles. The summed E-state index contributed by atoms with van der Waals surface area (Å²) in [5.41, 5.74) is 0.813. The van der Waals surface area contributed by atoms with E-state index in [4.69, 9.17) is 4.74 Å². The zero-order valence-electron chi connectivity index (χ0n) is 11.2. The molecule has 1 aromatic carbocycles. The Balaban J connectivity index is 2.07. The summed E-state index contributed by atoms with van der Waals surface area (Å²) in [6.07, 6.45) is 2.65. The second-order valence-electron chi connectivity index (χ2n) is 4.37. The van der Waals surface area contributed by atoms with Gasteiger partial charge in [-0.2, -0.15) is 0 Å². The van der Waals surface area contributed by atoms with Crippen LogP contribution in [0.25, 0.3) is 0 Å². The van der Waals surface area contributed by atoms with Crippen molar-refractivity contribution in [2.45, 2.75) is 19.9 Å². The lowest BCUT2D eigenvalue weighted by Crippen LogP contribution is -2.14. The van der Waals surface area contributed by atoms with Gasteiger partial charge < -0.3 is 10.1 Å². The Morgan fingerprint density at radius 3 is 2.55 bits per heavy atom. The standard InChI is InChI=1S/C15H16F2N2O/c1-2-4-18-10-13-9-14(3-5-19-13)20-15-7-11(16)6-12(17)8-15/h3,5-9,18H,2,4,10H2,1H3. The minimum absolute atomic E-state index is 0.126. The first kappa shape index (κ1) is 14.4. The lowest BCUT2D eigenvalue weighted by atomic mass is 10.3. The van der Waals surface area contributed by atoms with Crippen LogP contribution in [0.1, 0.15) is 19.0 Å². The lowest BCUT2D eigenvalue weighted by Gasteiger charge is -2.08. The van der Waals surface area contributed by atoms with Crippen molar-refractivity contribution in [2.24, 2.45) is 0 Å². The number of halogens is 2. The van der Waals surface area contributed by atoms with E-state index in [1.54, 1.807) is 18.3 Å². The minimum Gasteiger partial charge on any atom is -0.457 e. The largest absolute Gasteiger partial charge is 0.457 e. The van der Waals surface area contributed by atoms with Gasteiger partial charge >= 0.3 is 0 Å². The van der Waals surface area contributed by atoms with E-state index >= 15 is 0 Å². The Morgan fingerprint density at radius 1 is 1.10 bits per heavy atom. The molecule has 0 unspecified atom stereocenters. The fourth-order valence-electron chi connectivity index (χ4n) is 1.73. The van der Waals surface area contributed by atoms with Gasteiger partial charge in [0.25, 0.3) is 0 Å². The van der Waals surface area contributed by atoms with Gasteiger partial charge in [0, 0.05) is 37.0 Å². The lowest BCUT2D eigenvalue weighted by molar-refractivity contribution is 0.466. The highest BCUT2D eigenvalue weighted by molar-refractivity contribution is 5.32. The molecule has 0 amide bonds. The zero-order chi connectivity index (χ0) is 14.4. The summed E-state index contributed by atoms with van der Waals surface area (Å²) in [5.74, 6) is -0.711. The van der Waals surface area contributed by atoms with Crippen molar-refractivity contribution in [3.8, 4) is 11.5 Å². The highest BCUT2D eigenvalue weighted by atomic mass is 19.1. The SMILES string of the molecule is CCCNCc1cc(Oc2cc(F)cc(F)c2)ccn1. The van der Waals surface area contributed by atoms with Crippen molar-refractivity contribution in [3.05, 3.63) is 53.9 Å². The van der Waals surface area contributed by atoms with Gasteiger partial charge in [-0.1, -0.05) is 6.92 Å². The molecule has 20 heavy (non-hydrogen) atoms. The maximum absolute atomic E-state index is 13.1. The van der Waals surface area contributed by atoms with Crippen LogP contribution in [0.3, 0.4) is 0 Å². The van der Waals surface area contributed by atoms with E-state index < -0.39 is 11.6 Å². The molecule has 0 saturated heterocycles. The minimum atomic E-state index is -0.668. The molecular weight excluding hydrogens is 262 g/mol. The average molecular weight is 278 g/mol. The molecule has 0 aliphatic rings. The molecule has 1 N–H and O–H groups in total. The molecule has 5 heteroatoms. The molecule has 2 aromatic rings. The van der Waals surface area contributed by atoms with E-state index in [1.807, 2.05) is 0 Å². The third-order valence-electron chi connectivity index (χ3n) is 2.59. The summed E-state index contributed by atoms with van der Waals surface area (Å²) < 4.78 is 31.6. The first-order chi connectivity index (χ1) is 9.67. The van der Waals surface area contributed by atoms with Gasteiger partial charge in [0.1, 0.15) is 23.1 Å². The van der Waals surface area contributed by atoms with Gasteiger partial charge in [-0.15, -0.1) is 0 Å². The second-order valence-corrected chi connectivity index (χ2v) is 4.37. The van der Waals surface area contributed by atoms with Crippen molar-refractivity contribution in [3.63, 3.8) is 0 Å². The van der Waals surface area contributed by atoms with Crippen LogP contribution in [0.15, 0.2) is 36.5 Å². The summed E-state index contributed by atoms with van der Waals surface area (Å²) in [4.78, 5) is 4.20. The van der Waals surface area contributed by atoms with Gasteiger partial charge in [0.05, 0.1) is 5.69 Å². The number of benzene rings is 1. The van der Waals surface area contributed by atoms with Crippen molar-refractivity contribution in [1.82, 2.24) is 10.3 Å². The fourth-order valence-corrected chi connectivity index (χ4v) is 1.73. The van der Waals surface area contributed by atoms with E-state index in [9.17, 15) is 8.78 Å². The fraction of sp³-hybridized carbons (Fsp3) is 0.267. The van der Waals surface area contributed by atoms with Crippen molar-refractivity contribution in [2.75, 3.05) is 6.54 Å². The zero-order valence-corrected chi connectivity index (χ0v) is 11.2. The van der Waals surface area contributed by atoms with Crippen molar-refractivity contribution in [1.29, 1.82) is 0 Å². The smallest absolute Gasteiger partial charge is 0.133 e. The van der Waals surface area contributed by atoms with Gasteiger partial charge in [-0.25, -0.2) is 8.78 Å². The predicted molar refractivity (Wildman–Crippen MR) is 72.7 cm³/mol. The van der Waals surface area contributed by atoms with Crippen LogP contribution in [0.5, 0.6) is 11.5 Å². The van der Waals surface area contributed by atoms with Crippen molar-refractivity contribution < 1.29 is 13.5 Å². The molecule has 0 aliphatic heterocycles. The Morgan fingerprint density at radius 2 is 1.85 bits per heavy atom. The predicted octanol–water partition coefficient (Wildman–Crippen LogP) is 3.65. The number of hydrogen-bond acceptors (Lipinski definition) is 3. The molecule has 1 heterocycles. The molecule has 0 aliphatic carbocycles. The first-order valence-electron chi connectivity index (χ1n) is 6.47. The van der Waals surface area contributed by atoms with Crippen molar-refractivity contribution >= 4 is 0 Å². The maximum Gasteiger partial charge on any atom is 0.133 e. The number of nitrogens with one attached hydrogen (secondary N) is 1. The topological polar surface area (TPSA) is 34.1 Å². The molecule has 3 nitrogen and oxygen atoms in total. The third-order valence-corrected chi connectivity index (χ3v) is 2.59. The maximum atomic E-state index is 13.1. The molecule has 1 aromatic heterocycles. The Labute approximate surface area is 116 Å². The normalized spacial score (nSPS) is 10.6.